The number of nitrogens with zero attached hydrogens (tertiary/aromatic N) is 3. The molecule has 0 amide bonds. The molecule has 358 valence electrons. The van der Waals surface area contributed by atoms with Gasteiger partial charge < -0.3 is 9.13 Å². The van der Waals surface area contributed by atoms with Crippen molar-refractivity contribution in [3.05, 3.63) is 238 Å². The molecule has 0 aliphatic carbocycles. The molecule has 0 saturated heterocycles. The molecule has 2 aromatic heterocycles. The van der Waals surface area contributed by atoms with E-state index in [1.165, 1.54) is 40.5 Å². The fourth-order valence-electron chi connectivity index (χ4n) is 11.8. The molecule has 0 aliphatic heterocycles. The number of aryl methyl sites for hydroxylation is 8. The number of fused-ring (bicyclic) bond motifs is 6. The van der Waals surface area contributed by atoms with Gasteiger partial charge in [0.15, 0.2) is 0 Å². The lowest BCUT2D eigenvalue weighted by Gasteiger charge is -2.20. The number of aromatic nitrogens is 2. The Balaban J connectivity index is 1.25. The van der Waals surface area contributed by atoms with Crippen LogP contribution < -0.4 is 0 Å². The molecule has 0 spiro atoms. The van der Waals surface area contributed by atoms with E-state index in [1.54, 1.807) is 0 Å². The number of hydrogen-bond donors (Lipinski definition) is 0. The van der Waals surface area contributed by atoms with E-state index in [4.69, 9.17) is 0 Å². The number of halogens is 2. The lowest BCUT2D eigenvalue weighted by atomic mass is 9.96. The van der Waals surface area contributed by atoms with Crippen LogP contribution in [-0.2, 0) is 0 Å². The van der Waals surface area contributed by atoms with Gasteiger partial charge in [-0.1, -0.05) is 150 Å². The van der Waals surface area contributed by atoms with Crippen LogP contribution in [0.15, 0.2) is 176 Å². The molecule has 0 saturated carbocycles. The first-order chi connectivity index (χ1) is 35.7. The molecule has 3 nitrogen and oxygen atoms in total. The van der Waals surface area contributed by atoms with E-state index < -0.39 is 11.6 Å². The molecule has 0 aliphatic rings. The Morgan fingerprint density at radius 2 is 0.635 bits per heavy atom. The van der Waals surface area contributed by atoms with E-state index in [-0.39, 0.29) is 5.56 Å². The van der Waals surface area contributed by atoms with Crippen molar-refractivity contribution in [2.75, 3.05) is 0 Å². The van der Waals surface area contributed by atoms with Gasteiger partial charge in [-0.2, -0.15) is 5.26 Å². The molecule has 0 radical (unpaired) electrons. The predicted octanol–water partition coefficient (Wildman–Crippen LogP) is 18.8. The summed E-state index contributed by atoms with van der Waals surface area (Å²) in [6.45, 7) is 16.9. The van der Waals surface area contributed by atoms with Crippen molar-refractivity contribution in [1.82, 2.24) is 9.13 Å². The lowest BCUT2D eigenvalue weighted by molar-refractivity contribution is 0.589. The van der Waals surface area contributed by atoms with Crippen LogP contribution in [-0.4, -0.2) is 9.13 Å². The van der Waals surface area contributed by atoms with Crippen molar-refractivity contribution in [2.24, 2.45) is 0 Å². The average Bonchev–Trinajstić information content (AvgIpc) is 3.88. The summed E-state index contributed by atoms with van der Waals surface area (Å²) in [4.78, 5) is 0. The smallest absolute Gasteiger partial charge is 0.133 e. The standard InChI is InChI=1S/C69H53F2N3/c1-39-12-20-52(43(5)28-39)47-16-24-56-57-25-17-48(53-21-13-40(2)29-44(53)6)33-64(57)73(63(56)32-47)67-36-51(69-61(70)10-9-11-62(69)71)37-68(60(67)38-72)74-65-34-49(54-22-14-41(3)30-45(54)7)18-26-58(65)59-27-19-50(35-66(59)74)55-23-15-42(4)31-46(55)8/h9-37H,1-8H3. The van der Waals surface area contributed by atoms with Gasteiger partial charge in [-0.15, -0.1) is 0 Å². The Morgan fingerprint density at radius 1 is 0.338 bits per heavy atom. The largest absolute Gasteiger partial charge is 0.308 e. The van der Waals surface area contributed by atoms with Crippen LogP contribution >= 0.6 is 0 Å². The summed E-state index contributed by atoms with van der Waals surface area (Å²) in [5.41, 5.74) is 22.7. The van der Waals surface area contributed by atoms with Crippen LogP contribution in [0.1, 0.15) is 50.1 Å². The Hall–Kier alpha value is -8.85. The summed E-state index contributed by atoms with van der Waals surface area (Å²) in [5.74, 6) is -1.39. The fraction of sp³-hybridized carbons (Fsp3) is 0.116. The van der Waals surface area contributed by atoms with E-state index in [0.29, 0.717) is 22.5 Å². The van der Waals surface area contributed by atoms with E-state index in [0.717, 1.165) is 110 Å². The molecule has 2 heterocycles. The third-order valence-electron chi connectivity index (χ3n) is 15.2. The minimum atomic E-state index is -0.695. The van der Waals surface area contributed by atoms with Crippen LogP contribution in [0.3, 0.4) is 0 Å². The molecule has 12 aromatic rings. The average molecular weight is 962 g/mol. The Kier molecular flexibility index (Phi) is 11.1. The molecular weight excluding hydrogens is 909 g/mol. The summed E-state index contributed by atoms with van der Waals surface area (Å²) in [6.07, 6.45) is 0. The molecule has 0 bridgehead atoms. The van der Waals surface area contributed by atoms with Gasteiger partial charge in [0.25, 0.3) is 0 Å². The molecule has 0 atom stereocenters. The highest BCUT2D eigenvalue weighted by Crippen LogP contribution is 2.45. The van der Waals surface area contributed by atoms with Crippen molar-refractivity contribution < 1.29 is 8.78 Å². The van der Waals surface area contributed by atoms with Gasteiger partial charge in [0.05, 0.1) is 39.0 Å². The maximum atomic E-state index is 16.6. The Bertz CT molecular complexity index is 3900. The van der Waals surface area contributed by atoms with Crippen LogP contribution in [0.5, 0.6) is 0 Å². The van der Waals surface area contributed by atoms with Gasteiger partial charge in [0, 0.05) is 21.5 Å². The summed E-state index contributed by atoms with van der Waals surface area (Å²) >= 11 is 0. The molecule has 12 rings (SSSR count). The van der Waals surface area contributed by atoms with E-state index in [2.05, 4.69) is 216 Å². The first-order valence-corrected chi connectivity index (χ1v) is 25.2. The van der Waals surface area contributed by atoms with Crippen LogP contribution in [0.4, 0.5) is 8.78 Å². The molecule has 0 fully saturated rings. The molecular formula is C69H53F2N3. The zero-order chi connectivity index (χ0) is 51.3. The van der Waals surface area contributed by atoms with Crippen molar-refractivity contribution >= 4 is 43.6 Å². The predicted molar refractivity (Wildman–Crippen MR) is 305 cm³/mol. The molecule has 0 N–H and O–H groups in total. The van der Waals surface area contributed by atoms with E-state index in [1.807, 2.05) is 12.1 Å². The minimum absolute atomic E-state index is 0.167. The van der Waals surface area contributed by atoms with Crippen LogP contribution in [0.2, 0.25) is 0 Å². The van der Waals surface area contributed by atoms with Crippen LogP contribution in [0.25, 0.3) is 111 Å². The van der Waals surface area contributed by atoms with E-state index in [9.17, 15) is 5.26 Å². The third kappa shape index (κ3) is 7.60. The monoisotopic (exact) mass is 961 g/mol. The number of nitriles is 1. The maximum absolute atomic E-state index is 16.6. The third-order valence-corrected chi connectivity index (χ3v) is 15.2. The second-order valence-corrected chi connectivity index (χ2v) is 20.5. The van der Waals surface area contributed by atoms with Gasteiger partial charge in [-0.05, 0) is 176 Å². The summed E-state index contributed by atoms with van der Waals surface area (Å²) in [6, 6.07) is 62.5. The van der Waals surface area contributed by atoms with Gasteiger partial charge in [0.2, 0.25) is 0 Å². The first kappa shape index (κ1) is 46.2. The van der Waals surface area contributed by atoms with Crippen molar-refractivity contribution in [2.45, 2.75) is 55.4 Å². The molecule has 5 heteroatoms. The first-order valence-electron chi connectivity index (χ1n) is 25.2. The lowest BCUT2D eigenvalue weighted by Crippen LogP contribution is -2.06. The molecule has 0 unspecified atom stereocenters. The number of benzene rings is 10. The topological polar surface area (TPSA) is 33.6 Å². The zero-order valence-corrected chi connectivity index (χ0v) is 42.8. The second-order valence-electron chi connectivity index (χ2n) is 20.5. The zero-order valence-electron chi connectivity index (χ0n) is 42.8. The Labute approximate surface area is 430 Å². The van der Waals surface area contributed by atoms with Gasteiger partial charge in [0.1, 0.15) is 23.3 Å². The summed E-state index contributed by atoms with van der Waals surface area (Å²) < 4.78 is 37.5. The van der Waals surface area contributed by atoms with Gasteiger partial charge in [-0.25, -0.2) is 8.78 Å². The summed E-state index contributed by atoms with van der Waals surface area (Å²) in [5, 5.41) is 16.0. The van der Waals surface area contributed by atoms with Crippen molar-refractivity contribution in [3.63, 3.8) is 0 Å². The highest BCUT2D eigenvalue weighted by atomic mass is 19.1. The SMILES string of the molecule is Cc1ccc(-c2ccc3c4ccc(-c5ccc(C)cc5C)cc4n(-c4cc(-c5c(F)cccc5F)cc(-n5c6cc(-c7ccc(C)cc7C)ccc6c6ccc(-c7ccc(C)cc7C)cc65)c4C#N)c3c2)c(C)c1. The maximum Gasteiger partial charge on any atom is 0.133 e. The fourth-order valence-corrected chi connectivity index (χ4v) is 11.8. The molecule has 10 aromatic carbocycles. The Morgan fingerprint density at radius 3 is 0.905 bits per heavy atom. The number of hydrogen-bond acceptors (Lipinski definition) is 1. The minimum Gasteiger partial charge on any atom is -0.308 e. The quantitative estimate of drug-likeness (QED) is 0.157. The van der Waals surface area contributed by atoms with Gasteiger partial charge in [-0.3, -0.25) is 0 Å². The highest BCUT2D eigenvalue weighted by Gasteiger charge is 2.26. The van der Waals surface area contributed by atoms with E-state index >= 15 is 8.78 Å². The van der Waals surface area contributed by atoms with Gasteiger partial charge >= 0.3 is 0 Å². The molecule has 74 heavy (non-hydrogen) atoms. The van der Waals surface area contributed by atoms with Crippen molar-refractivity contribution in [1.29, 1.82) is 5.26 Å². The second kappa shape index (κ2) is 17.7. The van der Waals surface area contributed by atoms with Crippen LogP contribution in [0, 0.1) is 78.4 Å². The normalized spacial score (nSPS) is 11.6. The highest BCUT2D eigenvalue weighted by molar-refractivity contribution is 6.13. The van der Waals surface area contributed by atoms with Crippen molar-refractivity contribution in [3.8, 4) is 73.1 Å². The number of rotatable bonds is 7. The summed E-state index contributed by atoms with van der Waals surface area (Å²) in [7, 11) is 0.